The van der Waals surface area contributed by atoms with Crippen LogP contribution in [0.2, 0.25) is 0 Å². The number of fused-ring (bicyclic) bond motifs is 1. The van der Waals surface area contributed by atoms with Crippen LogP contribution >= 0.6 is 0 Å². The molecule has 3 aliphatic rings. The maximum atomic E-state index is 13.6. The van der Waals surface area contributed by atoms with Gasteiger partial charge in [0, 0.05) is 38.0 Å². The molecule has 0 aliphatic carbocycles. The van der Waals surface area contributed by atoms with Crippen molar-refractivity contribution in [2.45, 2.75) is 31.2 Å². The zero-order valence-electron chi connectivity index (χ0n) is 20.6. The van der Waals surface area contributed by atoms with Crippen LogP contribution in [0.15, 0.2) is 71.3 Å². The summed E-state index contributed by atoms with van der Waals surface area (Å²) in [6.45, 7) is 1.24. The van der Waals surface area contributed by atoms with Crippen molar-refractivity contribution in [3.8, 4) is 11.5 Å². The summed E-state index contributed by atoms with van der Waals surface area (Å²) in [7, 11) is 0. The number of carbonyl (C=O) groups is 3. The lowest BCUT2D eigenvalue weighted by Crippen LogP contribution is -2.59. The Morgan fingerprint density at radius 3 is 2.47 bits per heavy atom. The van der Waals surface area contributed by atoms with E-state index in [4.69, 9.17) is 18.6 Å². The Bertz CT molecular complexity index is 1330. The monoisotopic (exact) mass is 517 g/mol. The van der Waals surface area contributed by atoms with Crippen molar-refractivity contribution in [3.05, 3.63) is 83.8 Å². The van der Waals surface area contributed by atoms with Gasteiger partial charge in [-0.2, -0.15) is 0 Å². The van der Waals surface area contributed by atoms with E-state index in [9.17, 15) is 14.4 Å². The van der Waals surface area contributed by atoms with Gasteiger partial charge in [-0.15, -0.1) is 0 Å². The minimum atomic E-state index is -1.02. The average molecular weight is 518 g/mol. The molecule has 3 aliphatic heterocycles. The Kier molecular flexibility index (Phi) is 6.24. The molecule has 0 saturated carbocycles. The smallest absolute Gasteiger partial charge is 0.292 e. The molecule has 3 amide bonds. The van der Waals surface area contributed by atoms with E-state index < -0.39 is 17.7 Å². The predicted octanol–water partition coefficient (Wildman–Crippen LogP) is 2.80. The molecule has 10 nitrogen and oxygen atoms in total. The summed E-state index contributed by atoms with van der Waals surface area (Å²) >= 11 is 0. The number of hydrogen-bond acceptors (Lipinski definition) is 7. The summed E-state index contributed by atoms with van der Waals surface area (Å²) in [6.07, 6.45) is 2.14. The number of rotatable bonds is 5. The topological polar surface area (TPSA) is 111 Å². The molecule has 1 N–H and O–H groups in total. The first-order chi connectivity index (χ1) is 18.5. The number of nitrogens with one attached hydrogen (secondary N) is 1. The van der Waals surface area contributed by atoms with E-state index in [-0.39, 0.29) is 31.0 Å². The first kappa shape index (κ1) is 24.1. The molecule has 6 rings (SSSR count). The van der Waals surface area contributed by atoms with Gasteiger partial charge in [0.15, 0.2) is 17.3 Å². The number of piperidine rings is 1. The van der Waals surface area contributed by atoms with Crippen LogP contribution in [0.1, 0.15) is 39.3 Å². The quantitative estimate of drug-likeness (QED) is 0.554. The molecule has 3 aromatic rings. The summed E-state index contributed by atoms with van der Waals surface area (Å²) in [5, 5.41) is 2.93. The first-order valence-corrected chi connectivity index (χ1v) is 12.6. The Hall–Kier alpha value is -4.31. The highest BCUT2D eigenvalue weighted by atomic mass is 16.7. The van der Waals surface area contributed by atoms with Gasteiger partial charge in [-0.25, -0.2) is 0 Å². The minimum absolute atomic E-state index is 0.0587. The van der Waals surface area contributed by atoms with Gasteiger partial charge in [-0.05, 0) is 35.9 Å². The molecular weight excluding hydrogens is 490 g/mol. The third-order valence-corrected chi connectivity index (χ3v) is 7.28. The van der Waals surface area contributed by atoms with Crippen molar-refractivity contribution in [1.29, 1.82) is 0 Å². The SMILES string of the molecule is O=C(NCc1ccccc1)[C@@H]1COC2(CCN(C(=O)c3ccc4c(c3)OCO4)CC2)N1C(=O)c1ccco1. The molecule has 0 bridgehead atoms. The number of nitrogens with zero attached hydrogens (tertiary/aromatic N) is 2. The zero-order valence-corrected chi connectivity index (χ0v) is 20.6. The normalized spacial score (nSPS) is 19.5. The molecule has 4 heterocycles. The number of carbonyl (C=O) groups excluding carboxylic acids is 3. The molecular formula is C28H27N3O7. The molecule has 0 unspecified atom stereocenters. The van der Waals surface area contributed by atoms with Gasteiger partial charge in [0.25, 0.3) is 11.8 Å². The van der Waals surface area contributed by atoms with Crippen molar-refractivity contribution < 1.29 is 33.0 Å². The van der Waals surface area contributed by atoms with Gasteiger partial charge in [-0.1, -0.05) is 30.3 Å². The Morgan fingerprint density at radius 1 is 0.921 bits per heavy atom. The van der Waals surface area contributed by atoms with E-state index in [1.807, 2.05) is 30.3 Å². The fourth-order valence-electron chi connectivity index (χ4n) is 5.26. The van der Waals surface area contributed by atoms with Crippen LogP contribution in [0.25, 0.3) is 0 Å². The molecule has 38 heavy (non-hydrogen) atoms. The number of amides is 3. The third-order valence-electron chi connectivity index (χ3n) is 7.28. The Labute approximate surface area is 219 Å². The summed E-state index contributed by atoms with van der Waals surface area (Å²) in [4.78, 5) is 43.3. The Morgan fingerprint density at radius 2 is 1.71 bits per heavy atom. The maximum Gasteiger partial charge on any atom is 0.292 e. The van der Waals surface area contributed by atoms with E-state index in [2.05, 4.69) is 5.32 Å². The second-order valence-corrected chi connectivity index (χ2v) is 9.49. The molecule has 10 heteroatoms. The lowest BCUT2D eigenvalue weighted by Gasteiger charge is -2.44. The predicted molar refractivity (Wildman–Crippen MR) is 133 cm³/mol. The molecule has 2 fully saturated rings. The molecule has 2 saturated heterocycles. The summed E-state index contributed by atoms with van der Waals surface area (Å²) in [5.74, 6) is 0.435. The first-order valence-electron chi connectivity index (χ1n) is 12.6. The summed E-state index contributed by atoms with van der Waals surface area (Å²) in [6, 6.07) is 17.1. The van der Waals surface area contributed by atoms with Crippen LogP contribution < -0.4 is 14.8 Å². The number of furan rings is 1. The molecule has 2 aromatic carbocycles. The highest BCUT2D eigenvalue weighted by molar-refractivity contribution is 5.97. The van der Waals surface area contributed by atoms with Crippen molar-refractivity contribution in [2.24, 2.45) is 0 Å². The van der Waals surface area contributed by atoms with Crippen molar-refractivity contribution in [3.63, 3.8) is 0 Å². The molecule has 1 aromatic heterocycles. The fourth-order valence-corrected chi connectivity index (χ4v) is 5.26. The van der Waals surface area contributed by atoms with Crippen LogP contribution in [-0.2, 0) is 16.1 Å². The number of ether oxygens (including phenoxy) is 3. The number of likely N-dealkylation sites (tertiary alicyclic amines) is 1. The highest BCUT2D eigenvalue weighted by Crippen LogP contribution is 2.39. The number of hydrogen-bond donors (Lipinski definition) is 1. The molecule has 1 spiro atoms. The lowest BCUT2D eigenvalue weighted by molar-refractivity contribution is -0.128. The second-order valence-electron chi connectivity index (χ2n) is 9.49. The Balaban J connectivity index is 1.19. The van der Waals surface area contributed by atoms with Crippen LogP contribution in [0.4, 0.5) is 0 Å². The third kappa shape index (κ3) is 4.37. The largest absolute Gasteiger partial charge is 0.459 e. The van der Waals surface area contributed by atoms with E-state index in [0.29, 0.717) is 49.5 Å². The van der Waals surface area contributed by atoms with Crippen molar-refractivity contribution >= 4 is 17.7 Å². The van der Waals surface area contributed by atoms with Gasteiger partial charge >= 0.3 is 0 Å². The van der Waals surface area contributed by atoms with Gasteiger partial charge < -0.3 is 28.8 Å². The summed E-state index contributed by atoms with van der Waals surface area (Å²) < 4.78 is 22.4. The molecule has 196 valence electrons. The van der Waals surface area contributed by atoms with Gasteiger partial charge in [0.1, 0.15) is 11.8 Å². The van der Waals surface area contributed by atoms with E-state index >= 15 is 0 Å². The van der Waals surface area contributed by atoms with Crippen LogP contribution in [0.5, 0.6) is 11.5 Å². The zero-order chi connectivity index (χ0) is 26.1. The van der Waals surface area contributed by atoms with E-state index in [0.717, 1.165) is 5.56 Å². The van der Waals surface area contributed by atoms with Crippen LogP contribution in [0, 0.1) is 0 Å². The highest BCUT2D eigenvalue weighted by Gasteiger charge is 2.54. The molecule has 0 radical (unpaired) electrons. The van der Waals surface area contributed by atoms with Crippen LogP contribution in [0.3, 0.4) is 0 Å². The molecule has 1 atom stereocenters. The van der Waals surface area contributed by atoms with Crippen molar-refractivity contribution in [2.75, 3.05) is 26.5 Å². The second kappa shape index (κ2) is 9.86. The standard InChI is InChI=1S/C28H27N3O7/c32-25(29-16-19-5-2-1-3-6-19)21-17-38-28(31(21)27(34)23-7-4-14-35-23)10-12-30(13-11-28)26(33)20-8-9-22-24(15-20)37-18-36-22/h1-9,14-15,21H,10-13,16-18H2,(H,29,32)/t21-/m0/s1. The van der Waals surface area contributed by atoms with Gasteiger partial charge in [-0.3, -0.25) is 19.3 Å². The van der Waals surface area contributed by atoms with Gasteiger partial charge in [0.05, 0.1) is 12.9 Å². The number of benzene rings is 2. The summed E-state index contributed by atoms with van der Waals surface area (Å²) in [5.41, 5.74) is 0.428. The van der Waals surface area contributed by atoms with E-state index in [1.165, 1.54) is 11.2 Å². The maximum absolute atomic E-state index is 13.6. The fraction of sp³-hybridized carbons (Fsp3) is 0.321. The van der Waals surface area contributed by atoms with E-state index in [1.54, 1.807) is 35.2 Å². The minimum Gasteiger partial charge on any atom is -0.459 e. The lowest BCUT2D eigenvalue weighted by atomic mass is 9.96. The van der Waals surface area contributed by atoms with Crippen molar-refractivity contribution in [1.82, 2.24) is 15.1 Å². The average Bonchev–Trinajstić information content (AvgIpc) is 3.72. The van der Waals surface area contributed by atoms with Crippen LogP contribution in [-0.4, -0.2) is 65.8 Å². The van der Waals surface area contributed by atoms with Gasteiger partial charge in [0.2, 0.25) is 12.7 Å².